The average Bonchev–Trinajstić information content (AvgIpc) is 3.25. The molecule has 1 N–H and O–H groups in total. The summed E-state index contributed by atoms with van der Waals surface area (Å²) in [4.78, 5) is 7.55. The molecule has 0 saturated carbocycles. The Balaban J connectivity index is 0.000000312. The number of rotatable bonds is 10. The van der Waals surface area contributed by atoms with E-state index in [1.54, 1.807) is 6.92 Å². The maximum absolute atomic E-state index is 11.9. The zero-order chi connectivity index (χ0) is 28.3. The van der Waals surface area contributed by atoms with Crippen LogP contribution in [0.15, 0.2) is 78.5 Å². The van der Waals surface area contributed by atoms with E-state index in [1.165, 1.54) is 51.7 Å². The van der Waals surface area contributed by atoms with E-state index >= 15 is 0 Å². The summed E-state index contributed by atoms with van der Waals surface area (Å²) in [6, 6.07) is 15.5. The number of alkyl halides is 3. The lowest BCUT2D eigenvalue weighted by Crippen LogP contribution is -2.08. The minimum atomic E-state index is -4.36. The normalized spacial score (nSPS) is 12.9. The molecule has 2 nitrogen and oxygen atoms in total. The molecule has 3 aromatic rings. The van der Waals surface area contributed by atoms with Crippen molar-refractivity contribution in [3.63, 3.8) is 0 Å². The molecule has 1 heterocycles. The molecule has 0 bridgehead atoms. The summed E-state index contributed by atoms with van der Waals surface area (Å²) in [5, 5.41) is 1.36. The summed E-state index contributed by atoms with van der Waals surface area (Å²) in [5.74, 6) is 0.372. The number of aryl methyl sites for hydroxylation is 2. The predicted molar refractivity (Wildman–Crippen MR) is 158 cm³/mol. The summed E-state index contributed by atoms with van der Waals surface area (Å²) in [7, 11) is 0. The van der Waals surface area contributed by atoms with Crippen molar-refractivity contribution in [1.82, 2.24) is 4.98 Å². The van der Waals surface area contributed by atoms with Gasteiger partial charge in [0.05, 0.1) is 0 Å². The Morgan fingerprint density at radius 1 is 1.08 bits per heavy atom. The fourth-order valence-electron chi connectivity index (χ4n) is 4.20. The van der Waals surface area contributed by atoms with Crippen molar-refractivity contribution in [3.05, 3.63) is 101 Å². The molecule has 38 heavy (non-hydrogen) atoms. The highest BCUT2D eigenvalue weighted by molar-refractivity contribution is 5.87. The minimum absolute atomic E-state index is 0.372. The molecule has 0 aliphatic carbocycles. The largest absolute Gasteiger partial charge is 0.415 e. The van der Waals surface area contributed by atoms with Crippen molar-refractivity contribution >= 4 is 22.7 Å². The molecule has 2 aromatic carbocycles. The summed E-state index contributed by atoms with van der Waals surface area (Å²) in [6.45, 7) is 17.3. The van der Waals surface area contributed by atoms with E-state index in [-0.39, 0.29) is 0 Å². The van der Waals surface area contributed by atoms with Crippen LogP contribution in [0.5, 0.6) is 0 Å². The van der Waals surface area contributed by atoms with Crippen LogP contribution in [0.2, 0.25) is 0 Å². The van der Waals surface area contributed by atoms with E-state index in [4.69, 9.17) is 0 Å². The number of H-pyrrole nitrogens is 1. The van der Waals surface area contributed by atoms with Crippen LogP contribution < -0.4 is 0 Å². The van der Waals surface area contributed by atoms with E-state index in [0.29, 0.717) is 5.92 Å². The number of unbranched alkanes of at least 4 members (excludes halogenated alkanes) is 1. The molecule has 1 unspecified atom stereocenters. The lowest BCUT2D eigenvalue weighted by atomic mass is 9.92. The van der Waals surface area contributed by atoms with E-state index < -0.39 is 11.7 Å². The summed E-state index contributed by atoms with van der Waals surface area (Å²) in [6.07, 6.45) is 4.88. The molecule has 0 aliphatic heterocycles. The van der Waals surface area contributed by atoms with Crippen molar-refractivity contribution < 1.29 is 13.2 Å². The van der Waals surface area contributed by atoms with E-state index in [0.717, 1.165) is 37.3 Å². The van der Waals surface area contributed by atoms with Gasteiger partial charge in [-0.2, -0.15) is 13.2 Å². The first-order valence-corrected chi connectivity index (χ1v) is 13.3. The van der Waals surface area contributed by atoms with Crippen molar-refractivity contribution in [2.24, 2.45) is 4.99 Å². The number of halogens is 3. The van der Waals surface area contributed by atoms with Gasteiger partial charge in [0.2, 0.25) is 0 Å². The van der Waals surface area contributed by atoms with Crippen LogP contribution in [-0.2, 0) is 6.42 Å². The minimum Gasteiger partial charge on any atom is -0.358 e. The van der Waals surface area contributed by atoms with Crippen LogP contribution in [0, 0.1) is 6.92 Å². The Morgan fingerprint density at radius 3 is 2.34 bits per heavy atom. The molecular weight excluding hydrogens is 481 g/mol. The number of nitrogens with zero attached hydrogens (tertiary/aromatic N) is 1. The van der Waals surface area contributed by atoms with E-state index in [2.05, 4.69) is 86.4 Å². The summed E-state index contributed by atoms with van der Waals surface area (Å²) in [5.41, 5.74) is 7.88. The number of hydrogen-bond acceptors (Lipinski definition) is 1. The van der Waals surface area contributed by atoms with Gasteiger partial charge in [-0.05, 0) is 68.0 Å². The lowest BCUT2D eigenvalue weighted by Gasteiger charge is -2.14. The molecule has 0 spiro atoms. The Hall–Kier alpha value is -3.34. The lowest BCUT2D eigenvalue weighted by molar-refractivity contribution is -0.0878. The molecule has 5 heteroatoms. The number of allylic oxidation sites excluding steroid dienone is 2. The number of nitrogens with one attached hydrogen (secondary N) is 1. The highest BCUT2D eigenvalue weighted by Gasteiger charge is 2.29. The maximum Gasteiger partial charge on any atom is 0.415 e. The van der Waals surface area contributed by atoms with Gasteiger partial charge in [-0.15, -0.1) is 0 Å². The maximum atomic E-state index is 11.9. The second-order valence-electron chi connectivity index (χ2n) is 9.72. The van der Waals surface area contributed by atoms with Crippen molar-refractivity contribution in [2.45, 2.75) is 78.8 Å². The van der Waals surface area contributed by atoms with Gasteiger partial charge < -0.3 is 4.98 Å². The predicted octanol–water partition coefficient (Wildman–Crippen LogP) is 10.5. The molecule has 0 amide bonds. The highest BCUT2D eigenvalue weighted by atomic mass is 19.4. The molecule has 1 aromatic heterocycles. The van der Waals surface area contributed by atoms with E-state index in [9.17, 15) is 13.2 Å². The van der Waals surface area contributed by atoms with Crippen LogP contribution in [0.4, 0.5) is 13.2 Å². The molecule has 1 atom stereocenters. The van der Waals surface area contributed by atoms with Crippen molar-refractivity contribution in [1.29, 1.82) is 0 Å². The van der Waals surface area contributed by atoms with Gasteiger partial charge in [0.25, 0.3) is 0 Å². The smallest absolute Gasteiger partial charge is 0.358 e. The molecule has 0 fully saturated rings. The monoisotopic (exact) mass is 522 g/mol. The first-order valence-electron chi connectivity index (χ1n) is 13.3. The molecule has 3 rings (SSSR count). The Bertz CT molecular complexity index is 1260. The van der Waals surface area contributed by atoms with Crippen molar-refractivity contribution in [3.8, 4) is 0 Å². The second-order valence-corrected chi connectivity index (χ2v) is 9.72. The number of fused-ring (bicyclic) bond motifs is 1. The summed E-state index contributed by atoms with van der Waals surface area (Å²) < 4.78 is 35.8. The SMILES string of the molecule is C=C(/C=C\N=C(C)CCC)C(F)(F)F.C=Cc1ccc2[nH]c(C(C)c3ccc(C)cc3)c(CCCC)c2c1. The number of benzene rings is 2. The van der Waals surface area contributed by atoms with Gasteiger partial charge in [-0.25, -0.2) is 0 Å². The third-order valence-electron chi connectivity index (χ3n) is 6.54. The first-order chi connectivity index (χ1) is 18.0. The van der Waals surface area contributed by atoms with Gasteiger partial charge in [-0.1, -0.05) is 88.7 Å². The van der Waals surface area contributed by atoms with Gasteiger partial charge in [0.1, 0.15) is 0 Å². The number of aliphatic imine (C=N–C) groups is 1. The van der Waals surface area contributed by atoms with Gasteiger partial charge in [0, 0.05) is 40.0 Å². The van der Waals surface area contributed by atoms with Crippen LogP contribution >= 0.6 is 0 Å². The van der Waals surface area contributed by atoms with Gasteiger partial charge >= 0.3 is 6.18 Å². The quantitative estimate of drug-likeness (QED) is 0.203. The van der Waals surface area contributed by atoms with Crippen LogP contribution in [0.1, 0.15) is 87.2 Å². The van der Waals surface area contributed by atoms with Gasteiger partial charge in [-0.3, -0.25) is 4.99 Å². The van der Waals surface area contributed by atoms with Crippen LogP contribution in [0.3, 0.4) is 0 Å². The Labute approximate surface area is 226 Å². The first kappa shape index (κ1) is 30.9. The number of aromatic nitrogens is 1. The van der Waals surface area contributed by atoms with Gasteiger partial charge in [0.15, 0.2) is 0 Å². The fourth-order valence-corrected chi connectivity index (χ4v) is 4.20. The topological polar surface area (TPSA) is 28.1 Å². The standard InChI is InChI=1S/C23H27N.C10H14F3N/c1-5-7-8-20-21-15-18(6-2)11-14-22(21)24-23(20)17(4)19-12-9-16(3)10-13-19;1-4-5-9(3)14-7-6-8(2)10(11,12)13/h6,9-15,17,24H,2,5,7-8H2,1,3-4H3;6-7H,2,4-5H2,1,3H3/b;7-6-,14-9?. The molecule has 0 saturated heterocycles. The second kappa shape index (κ2) is 14.6. The molecular formula is C33H41F3N2. The molecule has 0 aliphatic rings. The Kier molecular flexibility index (Phi) is 11.8. The zero-order valence-corrected chi connectivity index (χ0v) is 23.4. The fraction of sp³-hybridized carbons (Fsp3) is 0.364. The molecule has 204 valence electrons. The summed E-state index contributed by atoms with van der Waals surface area (Å²) >= 11 is 0. The Morgan fingerprint density at radius 2 is 1.76 bits per heavy atom. The average molecular weight is 523 g/mol. The van der Waals surface area contributed by atoms with Crippen LogP contribution in [-0.4, -0.2) is 16.9 Å². The number of aromatic amines is 1. The third-order valence-corrected chi connectivity index (χ3v) is 6.54. The molecule has 0 radical (unpaired) electrons. The van der Waals surface area contributed by atoms with Crippen LogP contribution in [0.25, 0.3) is 17.0 Å². The van der Waals surface area contributed by atoms with E-state index in [1.807, 2.05) is 13.0 Å². The van der Waals surface area contributed by atoms with Crippen molar-refractivity contribution in [2.75, 3.05) is 0 Å². The third kappa shape index (κ3) is 8.90. The number of hydrogen-bond donors (Lipinski definition) is 1. The highest BCUT2D eigenvalue weighted by Crippen LogP contribution is 2.33. The zero-order valence-electron chi connectivity index (χ0n) is 23.4.